The highest BCUT2D eigenvalue weighted by atomic mass is 32.2. The number of thioether (sulfide) groups is 2. The second-order valence-corrected chi connectivity index (χ2v) is 7.89. The molecule has 0 saturated carbocycles. The van der Waals surface area contributed by atoms with Gasteiger partial charge in [0.15, 0.2) is 9.50 Å². The molecule has 2 N–H and O–H groups in total. The van der Waals surface area contributed by atoms with Crippen LogP contribution in [0.25, 0.3) is 0 Å². The van der Waals surface area contributed by atoms with Gasteiger partial charge in [-0.05, 0) is 12.2 Å². The van der Waals surface area contributed by atoms with Crippen molar-refractivity contribution in [2.75, 3.05) is 16.8 Å². The second kappa shape index (κ2) is 9.04. The third-order valence-corrected chi connectivity index (χ3v) is 5.27. The highest BCUT2D eigenvalue weighted by molar-refractivity contribution is 8.01. The molecule has 124 valence electrons. The summed E-state index contributed by atoms with van der Waals surface area (Å²) in [5.74, 6) is 0.850. The molecule has 0 bridgehead atoms. The number of anilines is 1. The summed E-state index contributed by atoms with van der Waals surface area (Å²) < 4.78 is 0.828. The maximum atomic E-state index is 11.9. The van der Waals surface area contributed by atoms with E-state index in [1.807, 2.05) is 13.8 Å². The molecule has 0 aliphatic carbocycles. The molecule has 0 aliphatic heterocycles. The van der Waals surface area contributed by atoms with Gasteiger partial charge in [0, 0.05) is 11.8 Å². The zero-order chi connectivity index (χ0) is 16.7. The first-order valence-corrected chi connectivity index (χ1v) is 9.88. The monoisotopic (exact) mass is 371 g/mol. The van der Waals surface area contributed by atoms with Gasteiger partial charge in [-0.15, -0.1) is 10.2 Å². The van der Waals surface area contributed by atoms with Gasteiger partial charge in [-0.3, -0.25) is 14.9 Å². The number of nitrogens with zero attached hydrogens (tertiary/aromatic N) is 3. The Morgan fingerprint density at radius 1 is 1.35 bits per heavy atom. The fourth-order valence-electron chi connectivity index (χ4n) is 1.67. The van der Waals surface area contributed by atoms with Crippen LogP contribution in [0.2, 0.25) is 0 Å². The molecule has 7 nitrogen and oxygen atoms in total. The van der Waals surface area contributed by atoms with E-state index in [4.69, 9.17) is 0 Å². The van der Waals surface area contributed by atoms with Crippen LogP contribution in [0.5, 0.6) is 0 Å². The molecular formula is C13H17N5O2S3. The normalized spacial score (nSPS) is 10.7. The first kappa shape index (κ1) is 18.0. The quantitative estimate of drug-likeness (QED) is 0.417. The van der Waals surface area contributed by atoms with Crippen molar-refractivity contribution >= 4 is 45.9 Å². The molecule has 0 radical (unpaired) electrons. The van der Waals surface area contributed by atoms with Gasteiger partial charge < -0.3 is 4.98 Å². The maximum absolute atomic E-state index is 11.9. The molecule has 2 rings (SSSR count). The van der Waals surface area contributed by atoms with Crippen molar-refractivity contribution in [1.29, 1.82) is 0 Å². The Morgan fingerprint density at radius 3 is 2.91 bits per heavy atom. The number of hydrogen-bond donors (Lipinski definition) is 2. The van der Waals surface area contributed by atoms with Crippen LogP contribution in [0, 0.1) is 0 Å². The van der Waals surface area contributed by atoms with Crippen molar-refractivity contribution in [2.24, 2.45) is 0 Å². The molecule has 0 aromatic carbocycles. The van der Waals surface area contributed by atoms with E-state index in [1.54, 1.807) is 11.8 Å². The molecule has 2 aromatic rings. The lowest BCUT2D eigenvalue weighted by Crippen LogP contribution is -2.15. The Hall–Kier alpha value is -1.39. The molecule has 0 saturated heterocycles. The Morgan fingerprint density at radius 2 is 2.17 bits per heavy atom. The van der Waals surface area contributed by atoms with Gasteiger partial charge in [-0.2, -0.15) is 0 Å². The molecule has 23 heavy (non-hydrogen) atoms. The van der Waals surface area contributed by atoms with Gasteiger partial charge in [0.25, 0.3) is 5.56 Å². The number of amides is 1. The van der Waals surface area contributed by atoms with E-state index < -0.39 is 0 Å². The molecule has 2 heterocycles. The molecular weight excluding hydrogens is 354 g/mol. The standard InChI is InChI=1S/C13H17N5O2S3/c1-3-5-8-6-9(19)15-11(14-8)22-7-10(20)16-12-17-18-13(23-12)21-4-2/h6H,3-5,7H2,1-2H3,(H,14,15,19)(H,16,17,20). The van der Waals surface area contributed by atoms with Crippen molar-refractivity contribution in [2.45, 2.75) is 36.2 Å². The average molecular weight is 372 g/mol. The minimum absolute atomic E-state index is 0.147. The van der Waals surface area contributed by atoms with E-state index >= 15 is 0 Å². The Bertz CT molecular complexity index is 716. The van der Waals surface area contributed by atoms with Crippen LogP contribution in [0.3, 0.4) is 0 Å². The predicted octanol–water partition coefficient (Wildman–Crippen LogP) is 2.42. The zero-order valence-electron chi connectivity index (χ0n) is 12.8. The topological polar surface area (TPSA) is 101 Å². The van der Waals surface area contributed by atoms with Crippen molar-refractivity contribution < 1.29 is 4.79 Å². The van der Waals surface area contributed by atoms with Crippen LogP contribution < -0.4 is 10.9 Å². The Labute approximate surface area is 146 Å². The van der Waals surface area contributed by atoms with E-state index in [0.717, 1.165) is 28.6 Å². The van der Waals surface area contributed by atoms with Crippen LogP contribution in [0.4, 0.5) is 5.13 Å². The van der Waals surface area contributed by atoms with Gasteiger partial charge in [-0.1, -0.05) is 55.1 Å². The molecule has 0 spiro atoms. The van der Waals surface area contributed by atoms with Crippen LogP contribution in [0.1, 0.15) is 26.0 Å². The number of rotatable bonds is 8. The highest BCUT2D eigenvalue weighted by Gasteiger charge is 2.10. The van der Waals surface area contributed by atoms with Gasteiger partial charge in [0.2, 0.25) is 11.0 Å². The van der Waals surface area contributed by atoms with Gasteiger partial charge in [0.05, 0.1) is 5.75 Å². The number of carbonyl (C=O) groups is 1. The lowest BCUT2D eigenvalue weighted by atomic mass is 10.2. The number of aromatic nitrogens is 4. The molecule has 0 aliphatic rings. The zero-order valence-corrected chi connectivity index (χ0v) is 15.2. The first-order valence-electron chi connectivity index (χ1n) is 7.10. The summed E-state index contributed by atoms with van der Waals surface area (Å²) in [6.45, 7) is 4.05. The Kier molecular flexibility index (Phi) is 7.06. The number of H-pyrrole nitrogens is 1. The molecule has 2 aromatic heterocycles. The molecule has 0 unspecified atom stereocenters. The summed E-state index contributed by atoms with van der Waals surface area (Å²) in [6, 6.07) is 1.49. The van der Waals surface area contributed by atoms with Gasteiger partial charge in [-0.25, -0.2) is 4.98 Å². The van der Waals surface area contributed by atoms with Gasteiger partial charge in [0.1, 0.15) is 0 Å². The minimum atomic E-state index is -0.206. The van der Waals surface area contributed by atoms with E-state index in [9.17, 15) is 9.59 Å². The highest BCUT2D eigenvalue weighted by Crippen LogP contribution is 2.25. The number of nitrogens with one attached hydrogen (secondary N) is 2. The maximum Gasteiger partial charge on any atom is 0.251 e. The van der Waals surface area contributed by atoms with Crippen molar-refractivity contribution in [3.05, 3.63) is 22.1 Å². The van der Waals surface area contributed by atoms with E-state index in [0.29, 0.717) is 10.3 Å². The fourth-order valence-corrected chi connectivity index (χ4v) is 4.03. The summed E-state index contributed by atoms with van der Waals surface area (Å²) in [6.07, 6.45) is 1.66. The molecule has 1 amide bonds. The number of aryl methyl sites for hydroxylation is 1. The van der Waals surface area contributed by atoms with Crippen molar-refractivity contribution in [1.82, 2.24) is 20.2 Å². The van der Waals surface area contributed by atoms with Crippen LogP contribution in [-0.4, -0.2) is 37.6 Å². The third kappa shape index (κ3) is 5.96. The average Bonchev–Trinajstić information content (AvgIpc) is 2.92. The molecule has 0 atom stereocenters. The smallest absolute Gasteiger partial charge is 0.251 e. The number of hydrogen-bond acceptors (Lipinski definition) is 8. The Balaban J connectivity index is 1.89. The van der Waals surface area contributed by atoms with Crippen molar-refractivity contribution in [3.63, 3.8) is 0 Å². The number of carbonyl (C=O) groups excluding carboxylic acids is 1. The van der Waals surface area contributed by atoms with Crippen molar-refractivity contribution in [3.8, 4) is 0 Å². The number of aromatic amines is 1. The molecule has 0 fully saturated rings. The van der Waals surface area contributed by atoms with Crippen LogP contribution in [0.15, 0.2) is 20.4 Å². The molecule has 10 heteroatoms. The minimum Gasteiger partial charge on any atom is -0.301 e. The predicted molar refractivity (Wildman–Crippen MR) is 94.5 cm³/mol. The summed E-state index contributed by atoms with van der Waals surface area (Å²) in [5.41, 5.74) is 0.543. The lowest BCUT2D eigenvalue weighted by Gasteiger charge is -2.03. The summed E-state index contributed by atoms with van der Waals surface area (Å²) in [5, 5.41) is 11.5. The van der Waals surface area contributed by atoms with E-state index in [-0.39, 0.29) is 17.2 Å². The lowest BCUT2D eigenvalue weighted by molar-refractivity contribution is -0.113. The summed E-state index contributed by atoms with van der Waals surface area (Å²) >= 11 is 4.12. The SMILES string of the molecule is CCCc1cc(=O)[nH]c(SCC(=O)Nc2nnc(SCC)s2)n1. The van der Waals surface area contributed by atoms with Crippen LogP contribution in [-0.2, 0) is 11.2 Å². The van der Waals surface area contributed by atoms with E-state index in [1.165, 1.54) is 29.2 Å². The van der Waals surface area contributed by atoms with Gasteiger partial charge >= 0.3 is 0 Å². The van der Waals surface area contributed by atoms with Crippen LogP contribution >= 0.6 is 34.9 Å². The first-order chi connectivity index (χ1) is 11.1. The second-order valence-electron chi connectivity index (χ2n) is 4.43. The van der Waals surface area contributed by atoms with E-state index in [2.05, 4.69) is 25.5 Å². The largest absolute Gasteiger partial charge is 0.301 e. The summed E-state index contributed by atoms with van der Waals surface area (Å²) in [7, 11) is 0. The fraction of sp³-hybridized carbons (Fsp3) is 0.462. The third-order valence-electron chi connectivity index (χ3n) is 2.54. The summed E-state index contributed by atoms with van der Waals surface area (Å²) in [4.78, 5) is 30.4.